The number of rotatable bonds is 5. The van der Waals surface area contributed by atoms with Gasteiger partial charge in [0.1, 0.15) is 6.61 Å². The molecule has 1 N–H and O–H groups in total. The van der Waals surface area contributed by atoms with Crippen molar-refractivity contribution in [3.05, 3.63) is 82.0 Å². The molecule has 1 atom stereocenters. The van der Waals surface area contributed by atoms with E-state index in [0.29, 0.717) is 0 Å². The number of hydrogen-bond donors (Lipinski definition) is 1. The van der Waals surface area contributed by atoms with Crippen LogP contribution in [0.3, 0.4) is 0 Å². The van der Waals surface area contributed by atoms with Crippen molar-refractivity contribution in [2.75, 3.05) is 6.61 Å². The van der Waals surface area contributed by atoms with Gasteiger partial charge in [-0.3, -0.25) is 0 Å². The average Bonchev–Trinajstić information content (AvgIpc) is 2.93. The molecule has 1 aromatic heterocycles. The quantitative estimate of drug-likeness (QED) is 0.575. The van der Waals surface area contributed by atoms with Gasteiger partial charge in [0.05, 0.1) is 0 Å². The molecule has 5 heteroatoms. The van der Waals surface area contributed by atoms with E-state index >= 15 is 0 Å². The zero-order chi connectivity index (χ0) is 14.7. The standard InChI is InChI=1S/C16H14N2O3/c19-18(20)21-11-15(12-6-2-1-3-7-12)14-10-17-16-9-5-4-8-13(14)16/h1-10,15,17H,11H2/t15-/m0/s1. The molecule has 0 aliphatic heterocycles. The number of para-hydroxylation sites is 1. The Hall–Kier alpha value is -2.82. The van der Waals surface area contributed by atoms with Crippen LogP contribution in [0.15, 0.2) is 60.8 Å². The summed E-state index contributed by atoms with van der Waals surface area (Å²) >= 11 is 0. The molecule has 0 saturated carbocycles. The molecule has 0 radical (unpaired) electrons. The van der Waals surface area contributed by atoms with E-state index in [1.807, 2.05) is 60.8 Å². The second-order valence-corrected chi connectivity index (χ2v) is 4.77. The summed E-state index contributed by atoms with van der Waals surface area (Å²) in [5.41, 5.74) is 3.00. The highest BCUT2D eigenvalue weighted by atomic mass is 16.9. The van der Waals surface area contributed by atoms with Crippen LogP contribution in [-0.2, 0) is 4.84 Å². The van der Waals surface area contributed by atoms with Crippen LogP contribution in [0, 0.1) is 10.1 Å². The lowest BCUT2D eigenvalue weighted by atomic mass is 9.92. The highest BCUT2D eigenvalue weighted by molar-refractivity contribution is 5.84. The minimum atomic E-state index is -0.745. The number of hydrogen-bond acceptors (Lipinski definition) is 3. The molecule has 0 bridgehead atoms. The summed E-state index contributed by atoms with van der Waals surface area (Å²) in [7, 11) is 0. The van der Waals surface area contributed by atoms with Crippen LogP contribution in [0.2, 0.25) is 0 Å². The maximum Gasteiger partial charge on any atom is 0.294 e. The predicted octanol–water partition coefficient (Wildman–Crippen LogP) is 3.51. The Bertz CT molecular complexity index is 752. The molecule has 21 heavy (non-hydrogen) atoms. The van der Waals surface area contributed by atoms with Crippen LogP contribution in [0.5, 0.6) is 0 Å². The third kappa shape index (κ3) is 2.72. The Balaban J connectivity index is 2.04. The first-order valence-electron chi connectivity index (χ1n) is 6.64. The third-order valence-electron chi connectivity index (χ3n) is 3.55. The fourth-order valence-electron chi connectivity index (χ4n) is 2.57. The zero-order valence-electron chi connectivity index (χ0n) is 11.2. The van der Waals surface area contributed by atoms with E-state index in [9.17, 15) is 10.1 Å². The monoisotopic (exact) mass is 282 g/mol. The van der Waals surface area contributed by atoms with Gasteiger partial charge in [-0.15, -0.1) is 10.1 Å². The second kappa shape index (κ2) is 5.66. The first-order chi connectivity index (χ1) is 10.3. The van der Waals surface area contributed by atoms with E-state index < -0.39 is 5.09 Å². The summed E-state index contributed by atoms with van der Waals surface area (Å²) in [6, 6.07) is 17.6. The van der Waals surface area contributed by atoms with Gasteiger partial charge in [-0.25, -0.2) is 0 Å². The van der Waals surface area contributed by atoms with Gasteiger partial charge < -0.3 is 9.82 Å². The highest BCUT2D eigenvalue weighted by Gasteiger charge is 2.19. The minimum absolute atomic E-state index is 0.00113. The summed E-state index contributed by atoms with van der Waals surface area (Å²) in [4.78, 5) is 18.4. The van der Waals surface area contributed by atoms with E-state index in [4.69, 9.17) is 0 Å². The van der Waals surface area contributed by atoms with Crippen LogP contribution < -0.4 is 0 Å². The van der Waals surface area contributed by atoms with E-state index in [0.717, 1.165) is 22.0 Å². The van der Waals surface area contributed by atoms with Gasteiger partial charge in [-0.05, 0) is 17.2 Å². The number of aromatic nitrogens is 1. The summed E-state index contributed by atoms with van der Waals surface area (Å²) in [5, 5.41) is 10.9. The van der Waals surface area contributed by atoms with E-state index in [1.165, 1.54) is 0 Å². The molecule has 0 unspecified atom stereocenters. The lowest BCUT2D eigenvalue weighted by Gasteiger charge is -2.15. The van der Waals surface area contributed by atoms with Gasteiger partial charge in [0.25, 0.3) is 5.09 Å². The summed E-state index contributed by atoms with van der Waals surface area (Å²) in [6.45, 7) is -0.00113. The van der Waals surface area contributed by atoms with Crippen molar-refractivity contribution in [2.45, 2.75) is 5.92 Å². The molecule has 0 amide bonds. The second-order valence-electron chi connectivity index (χ2n) is 4.77. The number of H-pyrrole nitrogens is 1. The van der Waals surface area contributed by atoms with Gasteiger partial charge >= 0.3 is 0 Å². The Morgan fingerprint density at radius 1 is 1.10 bits per heavy atom. The van der Waals surface area contributed by atoms with Gasteiger partial charge in [0.15, 0.2) is 0 Å². The SMILES string of the molecule is O=[N+]([O-])OC[C@@H](c1ccccc1)c1c[nH]c2ccccc12. The molecular formula is C16H14N2O3. The van der Waals surface area contributed by atoms with Crippen molar-refractivity contribution < 1.29 is 9.92 Å². The number of aromatic amines is 1. The van der Waals surface area contributed by atoms with Crippen molar-refractivity contribution in [3.63, 3.8) is 0 Å². The molecule has 0 spiro atoms. The fraction of sp³-hybridized carbons (Fsp3) is 0.125. The molecule has 1 heterocycles. The molecule has 2 aromatic carbocycles. The van der Waals surface area contributed by atoms with Gasteiger partial charge in [0, 0.05) is 23.0 Å². The van der Waals surface area contributed by atoms with Crippen molar-refractivity contribution in [1.29, 1.82) is 0 Å². The lowest BCUT2D eigenvalue weighted by Crippen LogP contribution is -2.12. The Morgan fingerprint density at radius 3 is 2.57 bits per heavy atom. The number of nitrogens with one attached hydrogen (secondary N) is 1. The molecule has 3 rings (SSSR count). The molecule has 5 nitrogen and oxygen atoms in total. The van der Waals surface area contributed by atoms with E-state index in [1.54, 1.807) is 0 Å². The van der Waals surface area contributed by atoms with Crippen LogP contribution in [0.1, 0.15) is 17.0 Å². The maximum absolute atomic E-state index is 10.5. The number of benzene rings is 2. The molecule has 106 valence electrons. The van der Waals surface area contributed by atoms with Gasteiger partial charge in [-0.1, -0.05) is 48.5 Å². The average molecular weight is 282 g/mol. The van der Waals surface area contributed by atoms with Crippen LogP contribution in [0.25, 0.3) is 10.9 Å². The molecule has 0 aliphatic rings. The molecular weight excluding hydrogens is 268 g/mol. The Labute approximate surface area is 121 Å². The third-order valence-corrected chi connectivity index (χ3v) is 3.55. The Morgan fingerprint density at radius 2 is 1.81 bits per heavy atom. The lowest BCUT2D eigenvalue weighted by molar-refractivity contribution is -0.758. The van der Waals surface area contributed by atoms with Crippen LogP contribution >= 0.6 is 0 Å². The normalized spacial score (nSPS) is 12.2. The first kappa shape index (κ1) is 13.2. The summed E-state index contributed by atoms with van der Waals surface area (Å²) < 4.78 is 0. The predicted molar refractivity (Wildman–Crippen MR) is 79.5 cm³/mol. The zero-order valence-corrected chi connectivity index (χ0v) is 11.2. The van der Waals surface area contributed by atoms with E-state index in [-0.39, 0.29) is 12.5 Å². The minimum Gasteiger partial charge on any atom is -0.361 e. The van der Waals surface area contributed by atoms with Crippen molar-refractivity contribution in [2.24, 2.45) is 0 Å². The first-order valence-corrected chi connectivity index (χ1v) is 6.64. The molecule has 3 aromatic rings. The van der Waals surface area contributed by atoms with Crippen molar-refractivity contribution in [1.82, 2.24) is 4.98 Å². The summed E-state index contributed by atoms with van der Waals surface area (Å²) in [6.07, 6.45) is 1.89. The number of fused-ring (bicyclic) bond motifs is 1. The fourth-order valence-corrected chi connectivity index (χ4v) is 2.57. The molecule has 0 saturated heterocycles. The van der Waals surface area contributed by atoms with Crippen molar-refractivity contribution in [3.8, 4) is 0 Å². The van der Waals surface area contributed by atoms with Crippen LogP contribution in [0.4, 0.5) is 0 Å². The smallest absolute Gasteiger partial charge is 0.294 e. The maximum atomic E-state index is 10.5. The molecule has 0 fully saturated rings. The summed E-state index contributed by atoms with van der Waals surface area (Å²) in [5.74, 6) is -0.187. The van der Waals surface area contributed by atoms with Gasteiger partial charge in [-0.2, -0.15) is 0 Å². The van der Waals surface area contributed by atoms with Gasteiger partial charge in [0.2, 0.25) is 0 Å². The molecule has 0 aliphatic carbocycles. The van der Waals surface area contributed by atoms with Crippen LogP contribution in [-0.4, -0.2) is 16.7 Å². The largest absolute Gasteiger partial charge is 0.361 e. The van der Waals surface area contributed by atoms with E-state index in [2.05, 4.69) is 9.82 Å². The Kier molecular flexibility index (Phi) is 3.55. The topological polar surface area (TPSA) is 68.2 Å². The highest BCUT2D eigenvalue weighted by Crippen LogP contribution is 2.31. The van der Waals surface area contributed by atoms with Crippen molar-refractivity contribution >= 4 is 10.9 Å². The number of nitrogens with zero attached hydrogens (tertiary/aromatic N) is 1.